The van der Waals surface area contributed by atoms with Crippen LogP contribution in [0.4, 0.5) is 5.69 Å². The van der Waals surface area contributed by atoms with Crippen LogP contribution in [0.25, 0.3) is 0 Å². The molecule has 2 N–H and O–H groups in total. The van der Waals surface area contributed by atoms with Crippen LogP contribution in [0.3, 0.4) is 0 Å². The fourth-order valence-electron chi connectivity index (χ4n) is 2.03. The number of sulfonamides is 1. The molecule has 0 radical (unpaired) electrons. The lowest BCUT2D eigenvalue weighted by molar-refractivity contribution is -0.114. The average molecular weight is 353 g/mol. The van der Waals surface area contributed by atoms with Gasteiger partial charge in [0, 0.05) is 24.2 Å². The van der Waals surface area contributed by atoms with E-state index in [2.05, 4.69) is 10.0 Å². The van der Waals surface area contributed by atoms with Gasteiger partial charge in [-0.25, -0.2) is 13.1 Å². The second-order valence-corrected chi connectivity index (χ2v) is 7.28. The van der Waals surface area contributed by atoms with Crippen molar-refractivity contribution in [1.29, 1.82) is 0 Å². The quantitative estimate of drug-likeness (QED) is 0.868. The molecule has 0 aliphatic heterocycles. The number of amides is 1. The Morgan fingerprint density at radius 1 is 1.13 bits per heavy atom. The lowest BCUT2D eigenvalue weighted by Gasteiger charge is -2.11. The largest absolute Gasteiger partial charge is 0.326 e. The molecule has 2 rings (SSSR count). The van der Waals surface area contributed by atoms with Crippen molar-refractivity contribution in [2.45, 2.75) is 25.3 Å². The fraction of sp³-hybridized carbons (Fsp3) is 0.188. The maximum Gasteiger partial charge on any atom is 0.241 e. The second-order valence-electron chi connectivity index (χ2n) is 5.11. The number of carbonyl (C=O) groups excluding carboxylic acids is 1. The Morgan fingerprint density at radius 2 is 1.78 bits per heavy atom. The van der Waals surface area contributed by atoms with Crippen molar-refractivity contribution in [1.82, 2.24) is 4.72 Å². The van der Waals surface area contributed by atoms with Crippen LogP contribution in [0.15, 0.2) is 47.4 Å². The number of hydrogen-bond donors (Lipinski definition) is 2. The van der Waals surface area contributed by atoms with Gasteiger partial charge in [-0.05, 0) is 42.3 Å². The van der Waals surface area contributed by atoms with Gasteiger partial charge in [0.25, 0.3) is 0 Å². The summed E-state index contributed by atoms with van der Waals surface area (Å²) in [6.07, 6.45) is 0. The highest BCUT2D eigenvalue weighted by atomic mass is 35.5. The molecule has 0 atom stereocenters. The van der Waals surface area contributed by atoms with Crippen LogP contribution in [0.5, 0.6) is 0 Å². The molecular formula is C16H17ClN2O3S. The van der Waals surface area contributed by atoms with E-state index < -0.39 is 10.0 Å². The normalized spacial score (nSPS) is 11.3. The zero-order valence-corrected chi connectivity index (χ0v) is 14.3. The molecule has 0 saturated heterocycles. The molecule has 0 saturated carbocycles. The number of carbonyl (C=O) groups is 1. The molecule has 0 aliphatic carbocycles. The van der Waals surface area contributed by atoms with E-state index in [9.17, 15) is 13.2 Å². The van der Waals surface area contributed by atoms with Crippen LogP contribution in [-0.2, 0) is 21.4 Å². The SMILES string of the molecule is CC(=O)Nc1ccc(C)c(S(=O)(=O)NCc2ccc(Cl)cc2)c1. The molecule has 23 heavy (non-hydrogen) atoms. The number of benzene rings is 2. The smallest absolute Gasteiger partial charge is 0.241 e. The van der Waals surface area contributed by atoms with Gasteiger partial charge in [0.15, 0.2) is 0 Å². The first-order valence-corrected chi connectivity index (χ1v) is 8.76. The molecule has 7 heteroatoms. The molecule has 1 amide bonds. The Kier molecular flexibility index (Phi) is 5.41. The monoisotopic (exact) mass is 352 g/mol. The summed E-state index contributed by atoms with van der Waals surface area (Å²) in [6, 6.07) is 11.7. The first-order valence-electron chi connectivity index (χ1n) is 6.90. The van der Waals surface area contributed by atoms with Crippen molar-refractivity contribution < 1.29 is 13.2 Å². The van der Waals surface area contributed by atoms with Crippen LogP contribution in [0.2, 0.25) is 5.02 Å². The van der Waals surface area contributed by atoms with E-state index in [-0.39, 0.29) is 17.3 Å². The topological polar surface area (TPSA) is 75.3 Å². The highest BCUT2D eigenvalue weighted by molar-refractivity contribution is 7.89. The molecular weight excluding hydrogens is 336 g/mol. The van der Waals surface area contributed by atoms with Gasteiger partial charge in [-0.2, -0.15) is 0 Å². The van der Waals surface area contributed by atoms with Gasteiger partial charge in [0.2, 0.25) is 15.9 Å². The Labute approximate surface area is 140 Å². The van der Waals surface area contributed by atoms with Gasteiger partial charge < -0.3 is 5.32 Å². The van der Waals surface area contributed by atoms with Crippen molar-refractivity contribution >= 4 is 33.2 Å². The van der Waals surface area contributed by atoms with Crippen LogP contribution in [0, 0.1) is 6.92 Å². The van der Waals surface area contributed by atoms with Crippen LogP contribution >= 0.6 is 11.6 Å². The van der Waals surface area contributed by atoms with Gasteiger partial charge in [-0.15, -0.1) is 0 Å². The summed E-state index contributed by atoms with van der Waals surface area (Å²) in [5, 5.41) is 3.17. The summed E-state index contributed by atoms with van der Waals surface area (Å²) in [7, 11) is -3.69. The number of halogens is 1. The van der Waals surface area contributed by atoms with E-state index in [1.54, 1.807) is 43.3 Å². The Balaban J connectivity index is 2.21. The molecule has 122 valence electrons. The average Bonchev–Trinajstić information content (AvgIpc) is 2.48. The summed E-state index contributed by atoms with van der Waals surface area (Å²) in [5.74, 6) is -0.258. The lowest BCUT2D eigenvalue weighted by atomic mass is 10.2. The number of nitrogens with one attached hydrogen (secondary N) is 2. The predicted molar refractivity (Wildman–Crippen MR) is 91.0 cm³/mol. The predicted octanol–water partition coefficient (Wildman–Crippen LogP) is 3.09. The minimum Gasteiger partial charge on any atom is -0.326 e. The third kappa shape index (κ3) is 4.79. The number of anilines is 1. The molecule has 5 nitrogen and oxygen atoms in total. The summed E-state index contributed by atoms with van der Waals surface area (Å²) < 4.78 is 27.5. The standard InChI is InChI=1S/C16H17ClN2O3S/c1-11-3-8-15(19-12(2)20)9-16(11)23(21,22)18-10-13-4-6-14(17)7-5-13/h3-9,18H,10H2,1-2H3,(H,19,20). The molecule has 2 aromatic rings. The van der Waals surface area contributed by atoms with E-state index in [0.717, 1.165) is 5.56 Å². The molecule has 0 spiro atoms. The first-order chi connectivity index (χ1) is 10.8. The van der Waals surface area contributed by atoms with Crippen molar-refractivity contribution in [3.63, 3.8) is 0 Å². The number of rotatable bonds is 5. The van der Waals surface area contributed by atoms with E-state index in [1.165, 1.54) is 13.0 Å². The second kappa shape index (κ2) is 7.12. The Morgan fingerprint density at radius 3 is 2.39 bits per heavy atom. The van der Waals surface area contributed by atoms with Crippen LogP contribution < -0.4 is 10.0 Å². The van der Waals surface area contributed by atoms with Gasteiger partial charge in [-0.3, -0.25) is 4.79 Å². The highest BCUT2D eigenvalue weighted by Gasteiger charge is 2.17. The maximum absolute atomic E-state index is 12.5. The van der Waals surface area contributed by atoms with Crippen LogP contribution in [0.1, 0.15) is 18.1 Å². The van der Waals surface area contributed by atoms with Crippen molar-refractivity contribution in [3.05, 3.63) is 58.6 Å². The summed E-state index contributed by atoms with van der Waals surface area (Å²) in [5.41, 5.74) is 1.84. The molecule has 0 aliphatic rings. The minimum absolute atomic E-state index is 0.137. The van der Waals surface area contributed by atoms with Gasteiger partial charge in [0.05, 0.1) is 4.90 Å². The van der Waals surface area contributed by atoms with Gasteiger partial charge in [0.1, 0.15) is 0 Å². The molecule has 0 bridgehead atoms. The van der Waals surface area contributed by atoms with Crippen LogP contribution in [-0.4, -0.2) is 14.3 Å². The third-order valence-corrected chi connectivity index (χ3v) is 4.97. The molecule has 0 unspecified atom stereocenters. The summed E-state index contributed by atoms with van der Waals surface area (Å²) in [4.78, 5) is 11.2. The fourth-order valence-corrected chi connectivity index (χ4v) is 3.44. The molecule has 2 aromatic carbocycles. The first kappa shape index (κ1) is 17.5. The third-order valence-electron chi connectivity index (χ3n) is 3.18. The van der Waals surface area contributed by atoms with Crippen molar-refractivity contribution in [2.75, 3.05) is 5.32 Å². The Bertz CT molecular complexity index is 818. The van der Waals surface area contributed by atoms with Crippen molar-refractivity contribution in [3.8, 4) is 0 Å². The highest BCUT2D eigenvalue weighted by Crippen LogP contribution is 2.20. The zero-order valence-electron chi connectivity index (χ0n) is 12.8. The van der Waals surface area contributed by atoms with E-state index in [0.29, 0.717) is 16.3 Å². The van der Waals surface area contributed by atoms with Crippen molar-refractivity contribution in [2.24, 2.45) is 0 Å². The summed E-state index contributed by atoms with van der Waals surface area (Å²) in [6.45, 7) is 3.23. The lowest BCUT2D eigenvalue weighted by Crippen LogP contribution is -2.24. The van der Waals surface area contributed by atoms with Gasteiger partial charge >= 0.3 is 0 Å². The van der Waals surface area contributed by atoms with Gasteiger partial charge in [-0.1, -0.05) is 29.8 Å². The van der Waals surface area contributed by atoms with E-state index in [4.69, 9.17) is 11.6 Å². The van der Waals surface area contributed by atoms with E-state index >= 15 is 0 Å². The number of aryl methyl sites for hydroxylation is 1. The van der Waals surface area contributed by atoms with E-state index in [1.807, 2.05) is 0 Å². The molecule has 0 aromatic heterocycles. The Hall–Kier alpha value is -1.89. The zero-order chi connectivity index (χ0) is 17.0. The summed E-state index contributed by atoms with van der Waals surface area (Å²) >= 11 is 5.80. The molecule has 0 fully saturated rings. The maximum atomic E-state index is 12.5. The number of hydrogen-bond acceptors (Lipinski definition) is 3. The minimum atomic E-state index is -3.69. The molecule has 0 heterocycles.